The number of anilines is 1. The molecule has 0 aliphatic carbocycles. The normalized spacial score (nSPS) is 16.1. The predicted octanol–water partition coefficient (Wildman–Crippen LogP) is 2.60. The highest BCUT2D eigenvalue weighted by molar-refractivity contribution is 6.39. The number of carboxylic acid groups (broad SMARTS) is 1. The molecule has 31 heavy (non-hydrogen) atoms. The topological polar surface area (TPSA) is 122 Å². The van der Waals surface area contributed by atoms with Crippen LogP contribution in [0, 0.1) is 0 Å². The number of amides is 4. The van der Waals surface area contributed by atoms with Gasteiger partial charge in [0.15, 0.2) is 6.10 Å². The molecule has 1 aliphatic rings. The molecule has 4 amide bonds. The predicted molar refractivity (Wildman–Crippen MR) is 111 cm³/mol. The zero-order valence-electron chi connectivity index (χ0n) is 16.8. The molecule has 2 N–H and O–H groups in total. The lowest BCUT2D eigenvalue weighted by molar-refractivity contribution is -0.144. The maximum absolute atomic E-state index is 13.0. The largest absolute Gasteiger partial charge is 0.494 e. The number of carbonyl (C=O) groups excluding carboxylic acids is 3. The van der Waals surface area contributed by atoms with Gasteiger partial charge in [-0.2, -0.15) is 0 Å². The Morgan fingerprint density at radius 3 is 2.45 bits per heavy atom. The summed E-state index contributed by atoms with van der Waals surface area (Å²) in [5, 5.41) is 11.2. The number of para-hydroxylation sites is 1. The van der Waals surface area contributed by atoms with Crippen LogP contribution in [0.2, 0.25) is 0 Å². The Kier molecular flexibility index (Phi) is 6.35. The van der Waals surface area contributed by atoms with Gasteiger partial charge in [-0.3, -0.25) is 14.9 Å². The third-order valence-electron chi connectivity index (χ3n) is 4.38. The molecule has 1 saturated heterocycles. The third-order valence-corrected chi connectivity index (χ3v) is 4.38. The van der Waals surface area contributed by atoms with E-state index in [-0.39, 0.29) is 17.0 Å². The molecule has 0 saturated carbocycles. The summed E-state index contributed by atoms with van der Waals surface area (Å²) in [6.07, 6.45) is 0.118. The molecule has 3 rings (SSSR count). The SMILES string of the molecule is CCOc1ccc(N2C(=O)NC(=O)/C(=C\c3ccccc3O[C@@H](C)C(=O)O)C2=O)cc1. The summed E-state index contributed by atoms with van der Waals surface area (Å²) in [4.78, 5) is 49.7. The summed E-state index contributed by atoms with van der Waals surface area (Å²) in [5.74, 6) is -2.10. The number of hydrogen-bond donors (Lipinski definition) is 2. The van der Waals surface area contributed by atoms with Crippen LogP contribution in [0.3, 0.4) is 0 Å². The van der Waals surface area contributed by atoms with Crippen LogP contribution in [-0.4, -0.2) is 41.6 Å². The van der Waals surface area contributed by atoms with Gasteiger partial charge in [0, 0.05) is 5.56 Å². The van der Waals surface area contributed by atoms with E-state index in [0.29, 0.717) is 17.9 Å². The van der Waals surface area contributed by atoms with E-state index in [1.165, 1.54) is 31.2 Å². The molecule has 0 bridgehead atoms. The molecule has 2 aromatic rings. The number of urea groups is 1. The molecule has 1 fully saturated rings. The first-order chi connectivity index (χ1) is 14.8. The highest BCUT2D eigenvalue weighted by Gasteiger charge is 2.37. The van der Waals surface area contributed by atoms with Crippen molar-refractivity contribution in [3.05, 3.63) is 59.7 Å². The smallest absolute Gasteiger partial charge is 0.344 e. The van der Waals surface area contributed by atoms with E-state index in [4.69, 9.17) is 14.6 Å². The number of nitrogens with one attached hydrogen (secondary N) is 1. The van der Waals surface area contributed by atoms with E-state index >= 15 is 0 Å². The Hall–Kier alpha value is -4.14. The zero-order chi connectivity index (χ0) is 22.5. The van der Waals surface area contributed by atoms with Gasteiger partial charge in [-0.05, 0) is 50.3 Å². The number of ether oxygens (including phenoxy) is 2. The first-order valence-electron chi connectivity index (χ1n) is 9.44. The Bertz CT molecular complexity index is 1060. The first-order valence-corrected chi connectivity index (χ1v) is 9.44. The van der Waals surface area contributed by atoms with Crippen molar-refractivity contribution in [3.8, 4) is 11.5 Å². The average Bonchev–Trinajstić information content (AvgIpc) is 2.73. The number of carboxylic acids is 1. The second kappa shape index (κ2) is 9.12. The fourth-order valence-corrected chi connectivity index (χ4v) is 2.85. The molecule has 1 aliphatic heterocycles. The van der Waals surface area contributed by atoms with Crippen molar-refractivity contribution >= 4 is 35.6 Å². The van der Waals surface area contributed by atoms with Gasteiger partial charge in [-0.25, -0.2) is 14.5 Å². The van der Waals surface area contributed by atoms with Crippen molar-refractivity contribution in [3.63, 3.8) is 0 Å². The number of aliphatic carboxylic acids is 1. The first kappa shape index (κ1) is 21.6. The summed E-state index contributed by atoms with van der Waals surface area (Å²) < 4.78 is 10.8. The molecule has 160 valence electrons. The Morgan fingerprint density at radius 2 is 1.81 bits per heavy atom. The molecule has 9 heteroatoms. The van der Waals surface area contributed by atoms with Gasteiger partial charge in [0.2, 0.25) is 0 Å². The van der Waals surface area contributed by atoms with Gasteiger partial charge in [0.05, 0.1) is 12.3 Å². The van der Waals surface area contributed by atoms with Gasteiger partial charge in [0.1, 0.15) is 17.1 Å². The highest BCUT2D eigenvalue weighted by atomic mass is 16.5. The fraction of sp³-hybridized carbons (Fsp3) is 0.182. The number of barbiturate groups is 1. The summed E-state index contributed by atoms with van der Waals surface area (Å²) in [5.41, 5.74) is 0.274. The summed E-state index contributed by atoms with van der Waals surface area (Å²) in [6.45, 7) is 3.65. The Labute approximate surface area is 177 Å². The van der Waals surface area contributed by atoms with Gasteiger partial charge < -0.3 is 14.6 Å². The lowest BCUT2D eigenvalue weighted by Gasteiger charge is -2.26. The average molecular weight is 424 g/mol. The van der Waals surface area contributed by atoms with Crippen molar-refractivity contribution in [2.75, 3.05) is 11.5 Å². The van der Waals surface area contributed by atoms with Gasteiger partial charge in [-0.15, -0.1) is 0 Å². The van der Waals surface area contributed by atoms with Crippen molar-refractivity contribution in [1.29, 1.82) is 0 Å². The van der Waals surface area contributed by atoms with Crippen LogP contribution in [0.15, 0.2) is 54.1 Å². The van der Waals surface area contributed by atoms with E-state index in [1.54, 1.807) is 30.3 Å². The van der Waals surface area contributed by atoms with Crippen molar-refractivity contribution in [1.82, 2.24) is 5.32 Å². The lowest BCUT2D eigenvalue weighted by Crippen LogP contribution is -2.54. The second-order valence-corrected chi connectivity index (χ2v) is 6.52. The van der Waals surface area contributed by atoms with E-state index < -0.39 is 29.9 Å². The molecule has 0 aromatic heterocycles. The number of hydrogen-bond acceptors (Lipinski definition) is 6. The summed E-state index contributed by atoms with van der Waals surface area (Å²) >= 11 is 0. The van der Waals surface area contributed by atoms with Crippen LogP contribution in [-0.2, 0) is 14.4 Å². The van der Waals surface area contributed by atoms with Gasteiger partial charge in [-0.1, -0.05) is 18.2 Å². The van der Waals surface area contributed by atoms with Crippen LogP contribution in [0.4, 0.5) is 10.5 Å². The van der Waals surface area contributed by atoms with E-state index in [9.17, 15) is 19.2 Å². The maximum atomic E-state index is 13.0. The van der Waals surface area contributed by atoms with Crippen molar-refractivity contribution in [2.24, 2.45) is 0 Å². The highest BCUT2D eigenvalue weighted by Crippen LogP contribution is 2.27. The molecule has 0 unspecified atom stereocenters. The number of benzene rings is 2. The van der Waals surface area contributed by atoms with E-state index in [0.717, 1.165) is 4.90 Å². The second-order valence-electron chi connectivity index (χ2n) is 6.52. The minimum absolute atomic E-state index is 0.176. The van der Waals surface area contributed by atoms with Crippen LogP contribution >= 0.6 is 0 Å². The molecule has 2 aromatic carbocycles. The Morgan fingerprint density at radius 1 is 1.13 bits per heavy atom. The minimum atomic E-state index is -1.17. The monoisotopic (exact) mass is 424 g/mol. The fourth-order valence-electron chi connectivity index (χ4n) is 2.85. The maximum Gasteiger partial charge on any atom is 0.344 e. The standard InChI is InChI=1S/C22H20N2O7/c1-3-30-16-10-8-15(9-11-16)24-20(26)17(19(25)23-22(24)29)12-14-6-4-5-7-18(14)31-13(2)21(27)28/h4-13H,3H2,1-2H3,(H,27,28)(H,23,25,29)/b17-12+/t13-/m0/s1. The van der Waals surface area contributed by atoms with Crippen LogP contribution in [0.5, 0.6) is 11.5 Å². The van der Waals surface area contributed by atoms with Crippen LogP contribution in [0.1, 0.15) is 19.4 Å². The number of nitrogens with zero attached hydrogens (tertiary/aromatic N) is 1. The van der Waals surface area contributed by atoms with Gasteiger partial charge in [0.25, 0.3) is 11.8 Å². The lowest BCUT2D eigenvalue weighted by atomic mass is 10.1. The molecule has 1 heterocycles. The number of carbonyl (C=O) groups is 4. The Balaban J connectivity index is 1.95. The van der Waals surface area contributed by atoms with Crippen LogP contribution < -0.4 is 19.7 Å². The van der Waals surface area contributed by atoms with E-state index in [2.05, 4.69) is 5.32 Å². The zero-order valence-corrected chi connectivity index (χ0v) is 16.8. The molecule has 9 nitrogen and oxygen atoms in total. The molecule has 0 radical (unpaired) electrons. The summed E-state index contributed by atoms with van der Waals surface area (Å²) in [7, 11) is 0. The quantitative estimate of drug-likeness (QED) is 0.517. The number of imide groups is 2. The van der Waals surface area contributed by atoms with Gasteiger partial charge >= 0.3 is 12.0 Å². The number of rotatable bonds is 7. The molecular formula is C22H20N2O7. The summed E-state index contributed by atoms with van der Waals surface area (Å²) in [6, 6.07) is 11.8. The van der Waals surface area contributed by atoms with E-state index in [1.807, 2.05) is 6.92 Å². The molecular weight excluding hydrogens is 404 g/mol. The van der Waals surface area contributed by atoms with Crippen LogP contribution in [0.25, 0.3) is 6.08 Å². The molecule has 1 atom stereocenters. The van der Waals surface area contributed by atoms with Crippen molar-refractivity contribution < 1.29 is 33.8 Å². The van der Waals surface area contributed by atoms with Crippen molar-refractivity contribution in [2.45, 2.75) is 20.0 Å². The minimum Gasteiger partial charge on any atom is -0.494 e. The molecule has 0 spiro atoms. The third kappa shape index (κ3) is 4.72.